The highest BCUT2D eigenvalue weighted by Crippen LogP contribution is 2.14. The predicted molar refractivity (Wildman–Crippen MR) is 132 cm³/mol. The first-order valence-corrected chi connectivity index (χ1v) is 10.4. The van der Waals surface area contributed by atoms with Gasteiger partial charge in [0.05, 0.1) is 6.54 Å². The molecule has 0 bridgehead atoms. The molecule has 1 saturated heterocycles. The van der Waals surface area contributed by atoms with Crippen LogP contribution >= 0.6 is 24.0 Å². The molecule has 0 atom stereocenters. The SMILES string of the molecule is CCNC(=NCc1ccc(CN2CCCCC2)cc1)NCC(C)(C)N(C)C.I. The lowest BCUT2D eigenvalue weighted by Crippen LogP contribution is -2.50. The number of likely N-dealkylation sites (tertiary alicyclic amines) is 1. The van der Waals surface area contributed by atoms with E-state index in [9.17, 15) is 0 Å². The van der Waals surface area contributed by atoms with Gasteiger partial charge in [-0.15, -0.1) is 24.0 Å². The number of nitrogens with zero attached hydrogens (tertiary/aromatic N) is 3. The largest absolute Gasteiger partial charge is 0.357 e. The van der Waals surface area contributed by atoms with Gasteiger partial charge in [-0.1, -0.05) is 30.7 Å². The van der Waals surface area contributed by atoms with Crippen molar-refractivity contribution in [3.63, 3.8) is 0 Å². The van der Waals surface area contributed by atoms with E-state index in [4.69, 9.17) is 4.99 Å². The number of guanidine groups is 1. The Kier molecular flexibility index (Phi) is 11.4. The van der Waals surface area contributed by atoms with Crippen molar-refractivity contribution in [3.05, 3.63) is 35.4 Å². The third-order valence-corrected chi connectivity index (χ3v) is 5.54. The van der Waals surface area contributed by atoms with E-state index in [1.54, 1.807) is 0 Å². The van der Waals surface area contributed by atoms with Crippen LogP contribution in [0, 0.1) is 0 Å². The van der Waals surface area contributed by atoms with Gasteiger partial charge in [0.25, 0.3) is 0 Å². The van der Waals surface area contributed by atoms with Crippen molar-refractivity contribution < 1.29 is 0 Å². The first-order valence-electron chi connectivity index (χ1n) is 10.4. The summed E-state index contributed by atoms with van der Waals surface area (Å²) in [6, 6.07) is 8.95. The highest BCUT2D eigenvalue weighted by Gasteiger charge is 2.20. The molecule has 2 rings (SSSR count). The molecule has 1 aromatic rings. The quantitative estimate of drug-likeness (QED) is 0.324. The fourth-order valence-corrected chi connectivity index (χ4v) is 3.10. The summed E-state index contributed by atoms with van der Waals surface area (Å²) in [4.78, 5) is 9.55. The van der Waals surface area contributed by atoms with E-state index in [0.29, 0.717) is 6.54 Å². The average molecular weight is 502 g/mol. The Morgan fingerprint density at radius 3 is 2.21 bits per heavy atom. The second kappa shape index (κ2) is 12.6. The highest BCUT2D eigenvalue weighted by atomic mass is 127. The van der Waals surface area contributed by atoms with E-state index in [2.05, 4.69) is 79.6 Å². The van der Waals surface area contributed by atoms with E-state index in [-0.39, 0.29) is 29.5 Å². The van der Waals surface area contributed by atoms with Gasteiger partial charge in [0.1, 0.15) is 0 Å². The number of piperidine rings is 1. The summed E-state index contributed by atoms with van der Waals surface area (Å²) < 4.78 is 0. The van der Waals surface area contributed by atoms with Crippen molar-refractivity contribution in [3.8, 4) is 0 Å². The van der Waals surface area contributed by atoms with Gasteiger partial charge in [-0.3, -0.25) is 4.90 Å². The van der Waals surface area contributed by atoms with Crippen LogP contribution in [0.15, 0.2) is 29.3 Å². The van der Waals surface area contributed by atoms with E-state index in [1.807, 2.05) is 0 Å². The molecule has 1 fully saturated rings. The van der Waals surface area contributed by atoms with Crippen LogP contribution in [0.2, 0.25) is 0 Å². The smallest absolute Gasteiger partial charge is 0.191 e. The van der Waals surface area contributed by atoms with Gasteiger partial charge < -0.3 is 15.5 Å². The highest BCUT2D eigenvalue weighted by molar-refractivity contribution is 14.0. The fraction of sp³-hybridized carbons (Fsp3) is 0.682. The van der Waals surface area contributed by atoms with Crippen molar-refractivity contribution in [2.24, 2.45) is 4.99 Å². The molecule has 0 aromatic heterocycles. The van der Waals surface area contributed by atoms with Gasteiger partial charge in [-0.25, -0.2) is 4.99 Å². The van der Waals surface area contributed by atoms with Crippen molar-refractivity contribution >= 4 is 29.9 Å². The zero-order valence-corrected chi connectivity index (χ0v) is 20.8. The number of likely N-dealkylation sites (N-methyl/N-ethyl adjacent to an activating group) is 1. The predicted octanol–water partition coefficient (Wildman–Crippen LogP) is 3.69. The molecule has 160 valence electrons. The number of rotatable bonds is 8. The number of hydrogen-bond donors (Lipinski definition) is 2. The molecule has 0 unspecified atom stereocenters. The van der Waals surface area contributed by atoms with Gasteiger partial charge in [0.15, 0.2) is 5.96 Å². The number of hydrogen-bond acceptors (Lipinski definition) is 3. The minimum absolute atomic E-state index is 0. The molecule has 0 amide bonds. The lowest BCUT2D eigenvalue weighted by molar-refractivity contribution is 0.197. The maximum absolute atomic E-state index is 4.76. The summed E-state index contributed by atoms with van der Waals surface area (Å²) >= 11 is 0. The molecule has 0 spiro atoms. The van der Waals surface area contributed by atoms with E-state index in [1.165, 1.54) is 43.5 Å². The lowest BCUT2D eigenvalue weighted by atomic mass is 10.0. The van der Waals surface area contributed by atoms with Crippen LogP contribution in [0.5, 0.6) is 0 Å². The molecule has 1 aliphatic heterocycles. The minimum Gasteiger partial charge on any atom is -0.357 e. The van der Waals surface area contributed by atoms with Crippen molar-refractivity contribution in [2.45, 2.75) is 58.7 Å². The van der Waals surface area contributed by atoms with Crippen LogP contribution in [-0.2, 0) is 13.1 Å². The number of halogens is 1. The monoisotopic (exact) mass is 501 g/mol. The molecule has 0 radical (unpaired) electrons. The minimum atomic E-state index is 0. The van der Waals surface area contributed by atoms with Gasteiger partial charge in [0, 0.05) is 25.2 Å². The van der Waals surface area contributed by atoms with Crippen molar-refractivity contribution in [1.29, 1.82) is 0 Å². The molecule has 0 saturated carbocycles. The maximum atomic E-state index is 4.76. The van der Waals surface area contributed by atoms with E-state index in [0.717, 1.165) is 25.6 Å². The Labute approximate surface area is 189 Å². The molecule has 6 heteroatoms. The standard InChI is InChI=1S/C22H39N5.HI/c1-6-23-21(25-18-22(2,3)26(4)5)24-16-19-10-12-20(13-11-19)17-27-14-8-7-9-15-27;/h10-13H,6-9,14-18H2,1-5H3,(H2,23,24,25);1H. The summed E-state index contributed by atoms with van der Waals surface area (Å²) in [5.74, 6) is 0.879. The Morgan fingerprint density at radius 2 is 1.64 bits per heavy atom. The first-order chi connectivity index (χ1) is 12.9. The zero-order valence-electron chi connectivity index (χ0n) is 18.4. The zero-order chi connectivity index (χ0) is 19.7. The third kappa shape index (κ3) is 8.66. The van der Waals surface area contributed by atoms with Gasteiger partial charge in [-0.05, 0) is 71.9 Å². The van der Waals surface area contributed by atoms with Crippen LogP contribution in [0.4, 0.5) is 0 Å². The molecule has 28 heavy (non-hydrogen) atoms. The van der Waals surface area contributed by atoms with Crippen LogP contribution in [0.25, 0.3) is 0 Å². The van der Waals surface area contributed by atoms with Gasteiger partial charge in [0.2, 0.25) is 0 Å². The van der Waals surface area contributed by atoms with Crippen LogP contribution < -0.4 is 10.6 Å². The third-order valence-electron chi connectivity index (χ3n) is 5.54. The number of aliphatic imine (C=N–C) groups is 1. The molecule has 0 aliphatic carbocycles. The molecular formula is C22H40IN5. The number of benzene rings is 1. The average Bonchev–Trinajstić information content (AvgIpc) is 2.66. The molecule has 5 nitrogen and oxygen atoms in total. The Hall–Kier alpha value is -0.860. The van der Waals surface area contributed by atoms with Crippen molar-refractivity contribution in [1.82, 2.24) is 20.4 Å². The topological polar surface area (TPSA) is 42.9 Å². The normalized spacial score (nSPS) is 16.0. The van der Waals surface area contributed by atoms with Gasteiger partial charge >= 0.3 is 0 Å². The van der Waals surface area contributed by atoms with Crippen molar-refractivity contribution in [2.75, 3.05) is 40.3 Å². The fourth-order valence-electron chi connectivity index (χ4n) is 3.10. The molecule has 1 aromatic carbocycles. The summed E-state index contributed by atoms with van der Waals surface area (Å²) in [5.41, 5.74) is 2.73. The number of nitrogens with one attached hydrogen (secondary N) is 2. The Balaban J connectivity index is 0.00000392. The molecule has 2 N–H and O–H groups in total. The first kappa shape index (κ1) is 25.2. The second-order valence-corrected chi connectivity index (χ2v) is 8.41. The summed E-state index contributed by atoms with van der Waals surface area (Å²) in [7, 11) is 4.22. The Bertz CT molecular complexity index is 577. The van der Waals surface area contributed by atoms with E-state index < -0.39 is 0 Å². The maximum Gasteiger partial charge on any atom is 0.191 e. The van der Waals surface area contributed by atoms with Crippen LogP contribution in [0.1, 0.15) is 51.2 Å². The summed E-state index contributed by atoms with van der Waals surface area (Å²) in [6.07, 6.45) is 4.08. The molecule has 1 aliphatic rings. The van der Waals surface area contributed by atoms with Gasteiger partial charge in [-0.2, -0.15) is 0 Å². The second-order valence-electron chi connectivity index (χ2n) is 8.41. The summed E-state index contributed by atoms with van der Waals surface area (Å²) in [5, 5.41) is 6.81. The molecule has 1 heterocycles. The Morgan fingerprint density at radius 1 is 1.04 bits per heavy atom. The lowest BCUT2D eigenvalue weighted by Gasteiger charge is -2.33. The van der Waals surface area contributed by atoms with E-state index >= 15 is 0 Å². The van der Waals surface area contributed by atoms with Crippen LogP contribution in [0.3, 0.4) is 0 Å². The molecular weight excluding hydrogens is 461 g/mol. The van der Waals surface area contributed by atoms with Crippen LogP contribution in [-0.4, -0.2) is 61.6 Å². The summed E-state index contributed by atoms with van der Waals surface area (Å²) in [6.45, 7) is 12.5.